The number of rotatable bonds is 6. The molecule has 0 saturated heterocycles. The maximum absolute atomic E-state index is 11.4. The van der Waals surface area contributed by atoms with Crippen LogP contribution >= 0.6 is 15.9 Å². The number of halogens is 1. The van der Waals surface area contributed by atoms with E-state index in [2.05, 4.69) is 15.9 Å². The highest BCUT2D eigenvalue weighted by Crippen LogP contribution is 2.21. The lowest BCUT2D eigenvalue weighted by Gasteiger charge is -2.15. The Morgan fingerprint density at radius 1 is 1.19 bits per heavy atom. The fourth-order valence-electron chi connectivity index (χ4n) is 1.85. The molecule has 0 bridgehead atoms. The number of hydrogen-bond donors (Lipinski definition) is 1. The molecule has 2 rings (SSSR count). The highest BCUT2D eigenvalue weighted by molar-refractivity contribution is 9.10. The average molecular weight is 351 g/mol. The van der Waals surface area contributed by atoms with E-state index in [9.17, 15) is 9.90 Å². The van der Waals surface area contributed by atoms with Gasteiger partial charge in [-0.3, -0.25) is 0 Å². The molecule has 2 aromatic carbocycles. The second-order valence-corrected chi connectivity index (χ2v) is 5.37. The molecule has 0 aliphatic heterocycles. The van der Waals surface area contributed by atoms with E-state index in [0.717, 1.165) is 10.0 Å². The third kappa shape index (κ3) is 4.49. The fraction of sp³-hybridized carbons (Fsp3) is 0.188. The minimum atomic E-state index is -0.999. The standard InChI is InChI=1S/C16H15BrO4/c1-20-13-3-2-4-14(10-13)21-15(16(18)19)9-11-5-7-12(17)8-6-11/h2-8,10,15H,9H2,1H3,(H,18,19)/t15-/m1/s1. The summed E-state index contributed by atoms with van der Waals surface area (Å²) in [4.78, 5) is 11.4. The Kier molecular flexibility index (Phi) is 5.22. The normalized spacial score (nSPS) is 11.7. The average Bonchev–Trinajstić information content (AvgIpc) is 2.49. The van der Waals surface area contributed by atoms with Gasteiger partial charge < -0.3 is 14.6 Å². The zero-order valence-corrected chi connectivity index (χ0v) is 13.0. The Morgan fingerprint density at radius 2 is 1.86 bits per heavy atom. The number of carbonyl (C=O) groups is 1. The predicted octanol–water partition coefficient (Wildman–Crippen LogP) is 3.53. The Balaban J connectivity index is 2.11. The number of methoxy groups -OCH3 is 1. The van der Waals surface area contributed by atoms with Crippen LogP contribution in [0.4, 0.5) is 0 Å². The van der Waals surface area contributed by atoms with E-state index in [4.69, 9.17) is 9.47 Å². The van der Waals surface area contributed by atoms with Crippen molar-refractivity contribution < 1.29 is 19.4 Å². The molecule has 0 heterocycles. The maximum Gasteiger partial charge on any atom is 0.345 e. The molecule has 0 aliphatic carbocycles. The summed E-state index contributed by atoms with van der Waals surface area (Å²) in [5.74, 6) is 0.0971. The van der Waals surface area contributed by atoms with Crippen molar-refractivity contribution in [1.29, 1.82) is 0 Å². The van der Waals surface area contributed by atoms with Gasteiger partial charge in [-0.05, 0) is 29.8 Å². The van der Waals surface area contributed by atoms with Crippen LogP contribution in [0.3, 0.4) is 0 Å². The monoisotopic (exact) mass is 350 g/mol. The van der Waals surface area contributed by atoms with Crippen LogP contribution in [0.2, 0.25) is 0 Å². The van der Waals surface area contributed by atoms with Crippen LogP contribution in [0.15, 0.2) is 53.0 Å². The number of aliphatic carboxylic acids is 1. The summed E-state index contributed by atoms with van der Waals surface area (Å²) in [6.07, 6.45) is -0.655. The predicted molar refractivity (Wildman–Crippen MR) is 82.9 cm³/mol. The van der Waals surface area contributed by atoms with E-state index >= 15 is 0 Å². The minimum Gasteiger partial charge on any atom is -0.497 e. The lowest BCUT2D eigenvalue weighted by molar-refractivity contribution is -0.145. The molecule has 1 atom stereocenters. The molecule has 0 saturated carbocycles. The third-order valence-electron chi connectivity index (χ3n) is 2.93. The van der Waals surface area contributed by atoms with E-state index in [1.165, 1.54) is 0 Å². The van der Waals surface area contributed by atoms with Gasteiger partial charge in [-0.1, -0.05) is 34.1 Å². The molecule has 110 valence electrons. The van der Waals surface area contributed by atoms with Gasteiger partial charge in [-0.25, -0.2) is 4.79 Å². The van der Waals surface area contributed by atoms with Gasteiger partial charge in [-0.2, -0.15) is 0 Å². The van der Waals surface area contributed by atoms with Crippen molar-refractivity contribution in [2.24, 2.45) is 0 Å². The number of carboxylic acid groups (broad SMARTS) is 1. The first-order chi connectivity index (χ1) is 10.1. The SMILES string of the molecule is COc1cccc(O[C@H](Cc2ccc(Br)cc2)C(=O)O)c1. The van der Waals surface area contributed by atoms with Crippen LogP contribution in [0.25, 0.3) is 0 Å². The molecular weight excluding hydrogens is 336 g/mol. The molecule has 21 heavy (non-hydrogen) atoms. The first-order valence-corrected chi connectivity index (χ1v) is 7.16. The fourth-order valence-corrected chi connectivity index (χ4v) is 2.12. The largest absolute Gasteiger partial charge is 0.497 e. The molecule has 0 unspecified atom stereocenters. The van der Waals surface area contributed by atoms with Gasteiger partial charge in [0.25, 0.3) is 0 Å². The summed E-state index contributed by atoms with van der Waals surface area (Å²) >= 11 is 3.35. The number of benzene rings is 2. The van der Waals surface area contributed by atoms with Crippen molar-refractivity contribution in [2.75, 3.05) is 7.11 Å². The summed E-state index contributed by atoms with van der Waals surface area (Å²) in [6.45, 7) is 0. The summed E-state index contributed by atoms with van der Waals surface area (Å²) in [5.41, 5.74) is 0.897. The van der Waals surface area contributed by atoms with E-state index in [1.807, 2.05) is 24.3 Å². The van der Waals surface area contributed by atoms with E-state index < -0.39 is 12.1 Å². The molecule has 0 amide bonds. The van der Waals surface area contributed by atoms with Crippen molar-refractivity contribution in [1.82, 2.24) is 0 Å². The topological polar surface area (TPSA) is 55.8 Å². The van der Waals surface area contributed by atoms with Gasteiger partial charge in [-0.15, -0.1) is 0 Å². The summed E-state index contributed by atoms with van der Waals surface area (Å²) in [7, 11) is 1.55. The Bertz CT molecular complexity index is 610. The zero-order valence-electron chi connectivity index (χ0n) is 11.5. The van der Waals surface area contributed by atoms with Crippen LogP contribution < -0.4 is 9.47 Å². The summed E-state index contributed by atoms with van der Waals surface area (Å²) < 4.78 is 11.6. The van der Waals surface area contributed by atoms with Crippen molar-refractivity contribution in [2.45, 2.75) is 12.5 Å². The maximum atomic E-state index is 11.4. The number of hydrogen-bond acceptors (Lipinski definition) is 3. The van der Waals surface area contributed by atoms with E-state index in [1.54, 1.807) is 31.4 Å². The third-order valence-corrected chi connectivity index (χ3v) is 3.46. The summed E-state index contributed by atoms with van der Waals surface area (Å²) in [6, 6.07) is 14.4. The Morgan fingerprint density at radius 3 is 2.48 bits per heavy atom. The van der Waals surface area contributed by atoms with Gasteiger partial charge in [0, 0.05) is 17.0 Å². The highest BCUT2D eigenvalue weighted by Gasteiger charge is 2.20. The van der Waals surface area contributed by atoms with Crippen molar-refractivity contribution in [3.05, 3.63) is 58.6 Å². The Hall–Kier alpha value is -2.01. The van der Waals surface area contributed by atoms with Crippen LogP contribution in [0, 0.1) is 0 Å². The van der Waals surface area contributed by atoms with Gasteiger partial charge in [0.15, 0.2) is 6.10 Å². The highest BCUT2D eigenvalue weighted by atomic mass is 79.9. The first kappa shape index (κ1) is 15.4. The second kappa shape index (κ2) is 7.13. The molecule has 4 nitrogen and oxygen atoms in total. The molecule has 0 aliphatic rings. The number of carboxylic acids is 1. The minimum absolute atomic E-state index is 0.291. The first-order valence-electron chi connectivity index (χ1n) is 6.36. The molecule has 5 heteroatoms. The van der Waals surface area contributed by atoms with Crippen molar-refractivity contribution in [3.8, 4) is 11.5 Å². The van der Waals surface area contributed by atoms with Crippen LogP contribution in [-0.2, 0) is 11.2 Å². The second-order valence-electron chi connectivity index (χ2n) is 4.45. The van der Waals surface area contributed by atoms with Crippen LogP contribution in [-0.4, -0.2) is 24.3 Å². The molecule has 0 radical (unpaired) electrons. The molecule has 0 fully saturated rings. The Labute approximate surface area is 131 Å². The van der Waals surface area contributed by atoms with E-state index in [-0.39, 0.29) is 0 Å². The molecule has 2 aromatic rings. The lowest BCUT2D eigenvalue weighted by Crippen LogP contribution is -2.29. The smallest absolute Gasteiger partial charge is 0.345 e. The lowest BCUT2D eigenvalue weighted by atomic mass is 10.1. The zero-order chi connectivity index (χ0) is 15.2. The van der Waals surface area contributed by atoms with Crippen molar-refractivity contribution >= 4 is 21.9 Å². The van der Waals surface area contributed by atoms with Crippen molar-refractivity contribution in [3.63, 3.8) is 0 Å². The van der Waals surface area contributed by atoms with Gasteiger partial charge in [0.2, 0.25) is 0 Å². The molecular formula is C16H15BrO4. The molecule has 1 N–H and O–H groups in total. The van der Waals surface area contributed by atoms with E-state index in [0.29, 0.717) is 17.9 Å². The van der Waals surface area contributed by atoms with Crippen LogP contribution in [0.1, 0.15) is 5.56 Å². The number of ether oxygens (including phenoxy) is 2. The van der Waals surface area contributed by atoms with Gasteiger partial charge in [0.05, 0.1) is 7.11 Å². The molecule has 0 aromatic heterocycles. The van der Waals surface area contributed by atoms with Crippen LogP contribution in [0.5, 0.6) is 11.5 Å². The molecule has 0 spiro atoms. The summed E-state index contributed by atoms with van der Waals surface area (Å²) in [5, 5.41) is 9.31. The van der Waals surface area contributed by atoms with Gasteiger partial charge in [0.1, 0.15) is 11.5 Å². The quantitative estimate of drug-likeness (QED) is 0.865. The van der Waals surface area contributed by atoms with Gasteiger partial charge >= 0.3 is 5.97 Å².